The minimum Gasteiger partial charge on any atom is -0.367 e. The Morgan fingerprint density at radius 1 is 1.26 bits per heavy atom. The van der Waals surface area contributed by atoms with Gasteiger partial charge in [0.1, 0.15) is 5.69 Å². The molecule has 0 radical (unpaired) electrons. The van der Waals surface area contributed by atoms with Crippen molar-refractivity contribution < 1.29 is 4.39 Å². The smallest absolute Gasteiger partial charge is 0.191 e. The van der Waals surface area contributed by atoms with Crippen LogP contribution in [0.2, 0.25) is 0 Å². The van der Waals surface area contributed by atoms with Crippen LogP contribution in [-0.4, -0.2) is 44.2 Å². The number of pyridine rings is 2. The quantitative estimate of drug-likeness (QED) is 0.515. The molecule has 31 heavy (non-hydrogen) atoms. The van der Waals surface area contributed by atoms with Gasteiger partial charge in [-0.2, -0.15) is 5.10 Å². The lowest BCUT2D eigenvalue weighted by atomic mass is 10.00. The largest absolute Gasteiger partial charge is 0.367 e. The summed E-state index contributed by atoms with van der Waals surface area (Å²) < 4.78 is 17.3. The van der Waals surface area contributed by atoms with Gasteiger partial charge in [-0.15, -0.1) is 0 Å². The van der Waals surface area contributed by atoms with E-state index in [4.69, 9.17) is 0 Å². The van der Waals surface area contributed by atoms with E-state index in [0.29, 0.717) is 23.9 Å². The number of fused-ring (bicyclic) bond motifs is 1. The number of rotatable bonds is 5. The van der Waals surface area contributed by atoms with Gasteiger partial charge >= 0.3 is 0 Å². The summed E-state index contributed by atoms with van der Waals surface area (Å²) in [5, 5.41) is 11.0. The second-order valence-electron chi connectivity index (χ2n) is 7.93. The summed E-state index contributed by atoms with van der Waals surface area (Å²) in [6.45, 7) is 4.51. The Hall–Kier alpha value is -3.39. The Balaban J connectivity index is 1.59. The van der Waals surface area contributed by atoms with Crippen LogP contribution in [0.5, 0.6) is 0 Å². The molecule has 8 heteroatoms. The fraction of sp³-hybridized carbons (Fsp3) is 0.304. The monoisotopic (exact) mass is 417 g/mol. The summed E-state index contributed by atoms with van der Waals surface area (Å²) >= 11 is 0. The number of aryl methyl sites for hydroxylation is 1. The summed E-state index contributed by atoms with van der Waals surface area (Å²) in [5.41, 5.74) is 3.36. The number of nitrogens with zero attached hydrogens (tertiary/aromatic N) is 5. The van der Waals surface area contributed by atoms with E-state index in [1.54, 1.807) is 23.0 Å². The summed E-state index contributed by atoms with van der Waals surface area (Å²) in [6, 6.07) is 9.40. The first-order valence-electron chi connectivity index (χ1n) is 10.6. The third kappa shape index (κ3) is 3.98. The maximum absolute atomic E-state index is 15.5. The molecule has 0 saturated carbocycles. The van der Waals surface area contributed by atoms with E-state index in [9.17, 15) is 0 Å². The highest BCUT2D eigenvalue weighted by Gasteiger charge is 2.21. The van der Waals surface area contributed by atoms with Crippen molar-refractivity contribution >= 4 is 11.3 Å². The van der Waals surface area contributed by atoms with Crippen LogP contribution in [-0.2, 0) is 0 Å². The SMILES string of the molecule is Cc1cc(-c2nc(-c3cnn4ccccc34)nc(NC[C@@H]3CCCNC3)c2F)ccn1. The molecule has 0 bridgehead atoms. The highest BCUT2D eigenvalue weighted by atomic mass is 19.1. The molecule has 4 aromatic rings. The van der Waals surface area contributed by atoms with Gasteiger partial charge in [-0.1, -0.05) is 6.07 Å². The van der Waals surface area contributed by atoms with E-state index in [-0.39, 0.29) is 11.5 Å². The van der Waals surface area contributed by atoms with E-state index in [2.05, 4.69) is 30.7 Å². The zero-order valence-corrected chi connectivity index (χ0v) is 17.3. The molecule has 0 unspecified atom stereocenters. The number of hydrogen-bond donors (Lipinski definition) is 2. The summed E-state index contributed by atoms with van der Waals surface area (Å²) in [4.78, 5) is 13.4. The van der Waals surface area contributed by atoms with Crippen molar-refractivity contribution in [1.82, 2.24) is 29.9 Å². The van der Waals surface area contributed by atoms with Crippen molar-refractivity contribution in [3.8, 4) is 22.6 Å². The van der Waals surface area contributed by atoms with Crippen molar-refractivity contribution in [2.45, 2.75) is 19.8 Å². The van der Waals surface area contributed by atoms with Crippen molar-refractivity contribution in [1.29, 1.82) is 0 Å². The van der Waals surface area contributed by atoms with Crippen molar-refractivity contribution in [3.63, 3.8) is 0 Å². The van der Waals surface area contributed by atoms with Gasteiger partial charge < -0.3 is 10.6 Å². The van der Waals surface area contributed by atoms with Crippen LogP contribution >= 0.6 is 0 Å². The highest BCUT2D eigenvalue weighted by molar-refractivity contribution is 5.78. The molecule has 1 saturated heterocycles. The van der Waals surface area contributed by atoms with Gasteiger partial charge in [-0.05, 0) is 63.0 Å². The topological polar surface area (TPSA) is 80.0 Å². The third-order valence-electron chi connectivity index (χ3n) is 5.65. The first-order valence-corrected chi connectivity index (χ1v) is 10.6. The normalized spacial score (nSPS) is 16.5. The van der Waals surface area contributed by atoms with E-state index >= 15 is 4.39 Å². The third-order valence-corrected chi connectivity index (χ3v) is 5.65. The van der Waals surface area contributed by atoms with Crippen LogP contribution in [0.25, 0.3) is 28.2 Å². The lowest BCUT2D eigenvalue weighted by Gasteiger charge is -2.23. The van der Waals surface area contributed by atoms with Crippen LogP contribution in [0.3, 0.4) is 0 Å². The molecule has 5 heterocycles. The molecule has 1 aliphatic rings. The highest BCUT2D eigenvalue weighted by Crippen LogP contribution is 2.30. The summed E-state index contributed by atoms with van der Waals surface area (Å²) in [7, 11) is 0. The van der Waals surface area contributed by atoms with Crippen LogP contribution in [0.4, 0.5) is 10.2 Å². The Kier molecular flexibility index (Phi) is 5.30. The van der Waals surface area contributed by atoms with E-state index in [1.807, 2.05) is 37.4 Å². The van der Waals surface area contributed by atoms with Crippen molar-refractivity contribution in [3.05, 3.63) is 60.4 Å². The minimum atomic E-state index is -0.449. The maximum atomic E-state index is 15.5. The number of halogens is 1. The average molecular weight is 417 g/mol. The molecule has 1 atom stereocenters. The van der Waals surface area contributed by atoms with Gasteiger partial charge in [0.15, 0.2) is 17.5 Å². The molecule has 4 aromatic heterocycles. The molecule has 0 amide bonds. The summed E-state index contributed by atoms with van der Waals surface area (Å²) in [5.74, 6) is 0.649. The first kappa shape index (κ1) is 19.6. The molecule has 1 aliphatic heterocycles. The molecule has 0 spiro atoms. The van der Waals surface area contributed by atoms with Crippen molar-refractivity contribution in [2.24, 2.45) is 5.92 Å². The Bertz CT molecular complexity index is 1210. The number of aromatic nitrogens is 5. The van der Waals surface area contributed by atoms with Crippen molar-refractivity contribution in [2.75, 3.05) is 25.0 Å². The zero-order valence-electron chi connectivity index (χ0n) is 17.3. The van der Waals surface area contributed by atoms with Gasteiger partial charge in [-0.25, -0.2) is 18.9 Å². The van der Waals surface area contributed by atoms with Gasteiger partial charge in [0, 0.05) is 30.2 Å². The first-order chi connectivity index (χ1) is 15.2. The zero-order chi connectivity index (χ0) is 21.2. The predicted molar refractivity (Wildman–Crippen MR) is 118 cm³/mol. The Labute approximate surface area is 179 Å². The Morgan fingerprint density at radius 2 is 2.19 bits per heavy atom. The lowest BCUT2D eigenvalue weighted by Crippen LogP contribution is -2.33. The fourth-order valence-electron chi connectivity index (χ4n) is 4.01. The van der Waals surface area contributed by atoms with Crippen LogP contribution in [0, 0.1) is 18.7 Å². The maximum Gasteiger partial charge on any atom is 0.191 e. The van der Waals surface area contributed by atoms with E-state index < -0.39 is 5.82 Å². The fourth-order valence-corrected chi connectivity index (χ4v) is 4.01. The molecule has 2 N–H and O–H groups in total. The van der Waals surface area contributed by atoms with E-state index in [1.165, 1.54) is 0 Å². The molecule has 5 rings (SSSR count). The number of piperidine rings is 1. The standard InChI is InChI=1S/C23H24FN7/c1-15-11-17(7-9-26-15)21-20(24)23(27-13-16-5-4-8-25-12-16)30-22(29-21)18-14-28-31-10-3-2-6-19(18)31/h2-3,6-7,9-11,14,16,25H,4-5,8,12-13H2,1H3,(H,27,29,30)/t16-/m1/s1. The van der Waals surface area contributed by atoms with Crippen LogP contribution < -0.4 is 10.6 Å². The molecule has 1 fully saturated rings. The second kappa shape index (κ2) is 8.39. The Morgan fingerprint density at radius 3 is 3.03 bits per heavy atom. The van der Waals surface area contributed by atoms with E-state index in [0.717, 1.165) is 42.7 Å². The predicted octanol–water partition coefficient (Wildman–Crippen LogP) is 3.71. The lowest BCUT2D eigenvalue weighted by molar-refractivity contribution is 0.392. The van der Waals surface area contributed by atoms with Crippen LogP contribution in [0.15, 0.2) is 48.9 Å². The van der Waals surface area contributed by atoms with Gasteiger partial charge in [0.05, 0.1) is 17.3 Å². The second-order valence-corrected chi connectivity index (χ2v) is 7.93. The number of anilines is 1. The molecule has 7 nitrogen and oxygen atoms in total. The molecule has 158 valence electrons. The van der Waals surface area contributed by atoms with Gasteiger partial charge in [0.2, 0.25) is 0 Å². The molecule has 0 aliphatic carbocycles. The summed E-state index contributed by atoms with van der Waals surface area (Å²) in [6.07, 6.45) is 7.50. The van der Waals surface area contributed by atoms with Crippen LogP contribution in [0.1, 0.15) is 18.5 Å². The number of nitrogens with one attached hydrogen (secondary N) is 2. The minimum absolute atomic E-state index is 0.218. The average Bonchev–Trinajstić information content (AvgIpc) is 3.23. The molecular formula is C23H24FN7. The van der Waals surface area contributed by atoms with Gasteiger partial charge in [-0.3, -0.25) is 4.98 Å². The van der Waals surface area contributed by atoms with Gasteiger partial charge in [0.25, 0.3) is 0 Å². The molecule has 0 aromatic carbocycles. The number of hydrogen-bond acceptors (Lipinski definition) is 6. The molecular weight excluding hydrogens is 393 g/mol.